The van der Waals surface area contributed by atoms with Crippen LogP contribution in [-0.4, -0.2) is 19.6 Å². The fourth-order valence-electron chi connectivity index (χ4n) is 1.87. The van der Waals surface area contributed by atoms with Crippen molar-refractivity contribution in [2.24, 2.45) is 0 Å². The molecule has 0 aliphatic rings. The van der Waals surface area contributed by atoms with Gasteiger partial charge >= 0.3 is 5.97 Å². The number of ether oxygens (including phenoxy) is 1. The molecular weight excluding hydrogens is 242 g/mol. The van der Waals surface area contributed by atoms with Crippen LogP contribution in [0.4, 0.5) is 0 Å². The number of methoxy groups -OCH3 is 1. The predicted octanol–water partition coefficient (Wildman–Crippen LogP) is 2.40. The minimum Gasteiger partial charge on any atom is -0.469 e. The average molecular weight is 259 g/mol. The van der Waals surface area contributed by atoms with Crippen molar-refractivity contribution in [2.75, 3.05) is 13.7 Å². The Kier molecular flexibility index (Phi) is 4.75. The first-order valence-corrected chi connectivity index (χ1v) is 6.20. The van der Waals surface area contributed by atoms with Crippen molar-refractivity contribution in [1.82, 2.24) is 5.32 Å². The molecule has 0 spiro atoms. The van der Waals surface area contributed by atoms with Crippen LogP contribution in [0.3, 0.4) is 0 Å². The van der Waals surface area contributed by atoms with Gasteiger partial charge in [0.25, 0.3) is 0 Å². The maximum Gasteiger partial charge on any atom is 0.338 e. The normalized spacial score (nSPS) is 10.4. The lowest BCUT2D eigenvalue weighted by Gasteiger charge is -2.08. The van der Waals surface area contributed by atoms with E-state index >= 15 is 0 Å². The predicted molar refractivity (Wildman–Crippen MR) is 71.9 cm³/mol. The minimum absolute atomic E-state index is 0.302. The zero-order valence-corrected chi connectivity index (χ0v) is 10.9. The van der Waals surface area contributed by atoms with Crippen molar-refractivity contribution in [1.29, 1.82) is 0 Å². The summed E-state index contributed by atoms with van der Waals surface area (Å²) in [4.78, 5) is 11.6. The van der Waals surface area contributed by atoms with Gasteiger partial charge in [0.15, 0.2) is 0 Å². The second-order valence-electron chi connectivity index (χ2n) is 4.15. The molecule has 4 heteroatoms. The van der Waals surface area contributed by atoms with E-state index in [9.17, 15) is 4.79 Å². The summed E-state index contributed by atoms with van der Waals surface area (Å²) in [5.41, 5.74) is 1.55. The summed E-state index contributed by atoms with van der Waals surface area (Å²) in [6, 6.07) is 11.3. The van der Waals surface area contributed by atoms with E-state index in [2.05, 4.69) is 5.32 Å². The Morgan fingerprint density at radius 1 is 1.26 bits per heavy atom. The molecule has 0 saturated carbocycles. The SMILES string of the molecule is COC(=O)c1ccccc1CNCCc1ccco1. The molecule has 0 atom stereocenters. The third kappa shape index (κ3) is 3.69. The molecule has 0 bridgehead atoms. The number of carbonyl (C=O) groups excluding carboxylic acids is 1. The number of furan rings is 1. The quantitative estimate of drug-likeness (QED) is 0.639. The molecule has 1 N–H and O–H groups in total. The average Bonchev–Trinajstić information content (AvgIpc) is 2.96. The summed E-state index contributed by atoms with van der Waals surface area (Å²) in [6.45, 7) is 1.43. The Hall–Kier alpha value is -2.07. The lowest BCUT2D eigenvalue weighted by atomic mass is 10.1. The summed E-state index contributed by atoms with van der Waals surface area (Å²) in [7, 11) is 1.39. The second-order valence-corrected chi connectivity index (χ2v) is 4.15. The first-order valence-electron chi connectivity index (χ1n) is 6.20. The summed E-state index contributed by atoms with van der Waals surface area (Å²) >= 11 is 0. The van der Waals surface area contributed by atoms with Crippen LogP contribution >= 0.6 is 0 Å². The van der Waals surface area contributed by atoms with Gasteiger partial charge in [0.2, 0.25) is 0 Å². The van der Waals surface area contributed by atoms with E-state index < -0.39 is 0 Å². The fourth-order valence-corrected chi connectivity index (χ4v) is 1.87. The number of carbonyl (C=O) groups is 1. The topological polar surface area (TPSA) is 51.5 Å². The number of benzene rings is 1. The van der Waals surface area contributed by atoms with E-state index in [0.717, 1.165) is 24.3 Å². The van der Waals surface area contributed by atoms with Gasteiger partial charge in [0.05, 0.1) is 18.9 Å². The van der Waals surface area contributed by atoms with Crippen LogP contribution in [0.15, 0.2) is 47.1 Å². The van der Waals surface area contributed by atoms with E-state index in [-0.39, 0.29) is 5.97 Å². The molecule has 0 fully saturated rings. The van der Waals surface area contributed by atoms with Gasteiger partial charge in [-0.3, -0.25) is 0 Å². The lowest BCUT2D eigenvalue weighted by Crippen LogP contribution is -2.18. The molecule has 0 aliphatic carbocycles. The van der Waals surface area contributed by atoms with Crippen molar-refractivity contribution in [3.05, 3.63) is 59.5 Å². The number of hydrogen-bond acceptors (Lipinski definition) is 4. The Morgan fingerprint density at radius 3 is 2.84 bits per heavy atom. The molecule has 100 valence electrons. The third-order valence-electron chi connectivity index (χ3n) is 2.87. The molecule has 0 aliphatic heterocycles. The van der Waals surface area contributed by atoms with E-state index in [1.54, 1.807) is 12.3 Å². The van der Waals surface area contributed by atoms with Crippen LogP contribution in [0.25, 0.3) is 0 Å². The highest BCUT2D eigenvalue weighted by atomic mass is 16.5. The van der Waals surface area contributed by atoms with Crippen LogP contribution in [-0.2, 0) is 17.7 Å². The van der Waals surface area contributed by atoms with Crippen LogP contribution < -0.4 is 5.32 Å². The second kappa shape index (κ2) is 6.75. The van der Waals surface area contributed by atoms with E-state index in [0.29, 0.717) is 12.1 Å². The van der Waals surface area contributed by atoms with Gasteiger partial charge in [-0.1, -0.05) is 18.2 Å². The van der Waals surface area contributed by atoms with E-state index in [1.165, 1.54) is 7.11 Å². The van der Waals surface area contributed by atoms with Crippen molar-refractivity contribution >= 4 is 5.97 Å². The maximum absolute atomic E-state index is 11.6. The highest BCUT2D eigenvalue weighted by Gasteiger charge is 2.10. The van der Waals surface area contributed by atoms with E-state index in [4.69, 9.17) is 9.15 Å². The van der Waals surface area contributed by atoms with Gasteiger partial charge in [0.1, 0.15) is 5.76 Å². The van der Waals surface area contributed by atoms with Crippen LogP contribution in [0, 0.1) is 0 Å². The van der Waals surface area contributed by atoms with Crippen molar-refractivity contribution < 1.29 is 13.9 Å². The molecule has 1 aromatic heterocycles. The van der Waals surface area contributed by atoms with Gasteiger partial charge < -0.3 is 14.5 Å². The van der Waals surface area contributed by atoms with Crippen LogP contribution in [0.5, 0.6) is 0 Å². The summed E-state index contributed by atoms with van der Waals surface area (Å²) in [5, 5.41) is 3.29. The van der Waals surface area contributed by atoms with Crippen molar-refractivity contribution in [2.45, 2.75) is 13.0 Å². The molecule has 2 rings (SSSR count). The Morgan fingerprint density at radius 2 is 2.11 bits per heavy atom. The highest BCUT2D eigenvalue weighted by Crippen LogP contribution is 2.10. The molecule has 0 unspecified atom stereocenters. The van der Waals surface area contributed by atoms with Gasteiger partial charge in [-0.2, -0.15) is 0 Å². The molecule has 1 aromatic carbocycles. The zero-order chi connectivity index (χ0) is 13.5. The molecule has 2 aromatic rings. The largest absolute Gasteiger partial charge is 0.469 e. The maximum atomic E-state index is 11.6. The van der Waals surface area contributed by atoms with Crippen molar-refractivity contribution in [3.63, 3.8) is 0 Å². The summed E-state index contributed by atoms with van der Waals surface area (Å²) in [5.74, 6) is 0.650. The molecule has 0 saturated heterocycles. The molecule has 1 heterocycles. The smallest absolute Gasteiger partial charge is 0.338 e. The molecule has 19 heavy (non-hydrogen) atoms. The Labute approximate surface area is 112 Å². The minimum atomic E-state index is -0.302. The van der Waals surface area contributed by atoms with Crippen LogP contribution in [0.1, 0.15) is 21.7 Å². The van der Waals surface area contributed by atoms with Gasteiger partial charge in [-0.25, -0.2) is 4.79 Å². The van der Waals surface area contributed by atoms with Gasteiger partial charge in [0, 0.05) is 19.5 Å². The first kappa shape index (κ1) is 13.4. The van der Waals surface area contributed by atoms with Gasteiger partial charge in [-0.05, 0) is 23.8 Å². The Balaban J connectivity index is 1.87. The monoisotopic (exact) mass is 259 g/mol. The molecule has 0 amide bonds. The zero-order valence-electron chi connectivity index (χ0n) is 10.9. The molecule has 0 radical (unpaired) electrons. The number of nitrogens with one attached hydrogen (secondary N) is 1. The molecular formula is C15H17NO3. The highest BCUT2D eigenvalue weighted by molar-refractivity contribution is 5.90. The third-order valence-corrected chi connectivity index (χ3v) is 2.87. The van der Waals surface area contributed by atoms with Gasteiger partial charge in [-0.15, -0.1) is 0 Å². The van der Waals surface area contributed by atoms with Crippen molar-refractivity contribution in [3.8, 4) is 0 Å². The van der Waals surface area contributed by atoms with E-state index in [1.807, 2.05) is 30.3 Å². The lowest BCUT2D eigenvalue weighted by molar-refractivity contribution is 0.0599. The number of esters is 1. The summed E-state index contributed by atoms with van der Waals surface area (Å²) in [6.07, 6.45) is 2.50. The standard InChI is InChI=1S/C15H17NO3/c1-18-15(17)14-7-3-2-5-12(14)11-16-9-8-13-6-4-10-19-13/h2-7,10,16H,8-9,11H2,1H3. The van der Waals surface area contributed by atoms with Crippen LogP contribution in [0.2, 0.25) is 0 Å². The first-order chi connectivity index (χ1) is 9.31. The summed E-state index contributed by atoms with van der Waals surface area (Å²) < 4.78 is 10.0. The number of hydrogen-bond donors (Lipinski definition) is 1. The fraction of sp³-hybridized carbons (Fsp3) is 0.267. The molecule has 4 nitrogen and oxygen atoms in total. The Bertz CT molecular complexity index is 520. The number of rotatable bonds is 6.